The second kappa shape index (κ2) is 5.99. The standard InChI is InChI=1S/C15H14BrNO3S/c1-10-3-6-12(7-4-10)15(18)17-21(19,20)14-8-5-11(2)9-13(14)16/h3-9H,1-2H3,(H,17,18). The van der Waals surface area contributed by atoms with Crippen molar-refractivity contribution in [2.24, 2.45) is 0 Å². The maximum Gasteiger partial charge on any atom is 0.265 e. The van der Waals surface area contributed by atoms with E-state index in [0.717, 1.165) is 11.1 Å². The quantitative estimate of drug-likeness (QED) is 0.905. The van der Waals surface area contributed by atoms with E-state index in [1.807, 2.05) is 13.8 Å². The van der Waals surface area contributed by atoms with E-state index in [1.165, 1.54) is 6.07 Å². The topological polar surface area (TPSA) is 63.2 Å². The lowest BCUT2D eigenvalue weighted by Crippen LogP contribution is -2.30. The summed E-state index contributed by atoms with van der Waals surface area (Å²) in [6.07, 6.45) is 0. The lowest BCUT2D eigenvalue weighted by Gasteiger charge is -2.09. The Kier molecular flexibility index (Phi) is 4.49. The van der Waals surface area contributed by atoms with Gasteiger partial charge in [0.15, 0.2) is 0 Å². The Bertz CT molecular complexity index is 783. The van der Waals surface area contributed by atoms with E-state index in [2.05, 4.69) is 20.7 Å². The van der Waals surface area contributed by atoms with Gasteiger partial charge in [0.05, 0.1) is 0 Å². The van der Waals surface area contributed by atoms with Crippen LogP contribution < -0.4 is 4.72 Å². The van der Waals surface area contributed by atoms with Gasteiger partial charge in [0, 0.05) is 10.0 Å². The van der Waals surface area contributed by atoms with Crippen LogP contribution in [0, 0.1) is 13.8 Å². The summed E-state index contributed by atoms with van der Waals surface area (Å²) in [6, 6.07) is 11.5. The molecule has 0 spiro atoms. The second-order valence-corrected chi connectivity index (χ2v) is 7.24. The largest absolute Gasteiger partial charge is 0.268 e. The number of benzene rings is 2. The second-order valence-electron chi connectivity index (χ2n) is 4.73. The monoisotopic (exact) mass is 367 g/mol. The Morgan fingerprint density at radius 2 is 1.57 bits per heavy atom. The van der Waals surface area contributed by atoms with E-state index in [-0.39, 0.29) is 4.90 Å². The van der Waals surface area contributed by atoms with Gasteiger partial charge in [-0.1, -0.05) is 23.8 Å². The number of halogens is 1. The molecule has 6 heteroatoms. The van der Waals surface area contributed by atoms with Gasteiger partial charge in [-0.3, -0.25) is 4.79 Å². The highest BCUT2D eigenvalue weighted by molar-refractivity contribution is 9.10. The van der Waals surface area contributed by atoms with Gasteiger partial charge in [-0.2, -0.15) is 0 Å². The third kappa shape index (κ3) is 3.71. The number of hydrogen-bond acceptors (Lipinski definition) is 3. The molecule has 0 aliphatic carbocycles. The van der Waals surface area contributed by atoms with E-state index >= 15 is 0 Å². The number of sulfonamides is 1. The highest BCUT2D eigenvalue weighted by Gasteiger charge is 2.21. The minimum Gasteiger partial charge on any atom is -0.268 e. The summed E-state index contributed by atoms with van der Waals surface area (Å²) in [5.41, 5.74) is 2.22. The van der Waals surface area contributed by atoms with Gasteiger partial charge in [-0.15, -0.1) is 0 Å². The van der Waals surface area contributed by atoms with Crippen molar-refractivity contribution in [1.82, 2.24) is 4.72 Å². The summed E-state index contributed by atoms with van der Waals surface area (Å²) in [5, 5.41) is 0. The van der Waals surface area contributed by atoms with Crippen LogP contribution in [0.1, 0.15) is 21.5 Å². The molecular weight excluding hydrogens is 354 g/mol. The van der Waals surface area contributed by atoms with Crippen LogP contribution in [-0.2, 0) is 10.0 Å². The molecule has 2 aromatic carbocycles. The van der Waals surface area contributed by atoms with Gasteiger partial charge in [0.2, 0.25) is 0 Å². The number of carbonyl (C=O) groups excluding carboxylic acids is 1. The van der Waals surface area contributed by atoms with Crippen LogP contribution in [-0.4, -0.2) is 14.3 Å². The Morgan fingerprint density at radius 3 is 2.14 bits per heavy atom. The van der Waals surface area contributed by atoms with Crippen LogP contribution in [0.2, 0.25) is 0 Å². The molecule has 0 saturated heterocycles. The summed E-state index contributed by atoms with van der Waals surface area (Å²) in [7, 11) is -3.91. The van der Waals surface area contributed by atoms with Crippen molar-refractivity contribution >= 4 is 31.9 Å². The highest BCUT2D eigenvalue weighted by atomic mass is 79.9. The van der Waals surface area contributed by atoms with Gasteiger partial charge in [0.25, 0.3) is 15.9 Å². The lowest BCUT2D eigenvalue weighted by molar-refractivity contribution is 0.0981. The normalized spacial score (nSPS) is 11.2. The van der Waals surface area contributed by atoms with Crippen LogP contribution >= 0.6 is 15.9 Å². The minimum atomic E-state index is -3.91. The van der Waals surface area contributed by atoms with Gasteiger partial charge in [-0.05, 0) is 59.6 Å². The van der Waals surface area contributed by atoms with E-state index in [9.17, 15) is 13.2 Å². The van der Waals surface area contributed by atoms with Crippen molar-refractivity contribution in [1.29, 1.82) is 0 Å². The molecule has 0 fully saturated rings. The minimum absolute atomic E-state index is 0.0357. The van der Waals surface area contributed by atoms with Gasteiger partial charge < -0.3 is 0 Å². The maximum absolute atomic E-state index is 12.3. The molecule has 4 nitrogen and oxygen atoms in total. The molecule has 0 atom stereocenters. The number of amides is 1. The molecule has 0 saturated carbocycles. The first kappa shape index (κ1) is 15.7. The molecular formula is C15H14BrNO3S. The third-order valence-corrected chi connectivity index (χ3v) is 5.23. The average Bonchev–Trinajstić information content (AvgIpc) is 2.38. The van der Waals surface area contributed by atoms with Crippen LogP contribution in [0.5, 0.6) is 0 Å². The van der Waals surface area contributed by atoms with Gasteiger partial charge in [0.1, 0.15) is 4.90 Å². The summed E-state index contributed by atoms with van der Waals surface area (Å²) >= 11 is 3.21. The van der Waals surface area contributed by atoms with Crippen molar-refractivity contribution < 1.29 is 13.2 Å². The van der Waals surface area contributed by atoms with Gasteiger partial charge in [-0.25, -0.2) is 13.1 Å². The molecule has 0 aliphatic heterocycles. The van der Waals surface area contributed by atoms with Crippen molar-refractivity contribution in [3.63, 3.8) is 0 Å². The summed E-state index contributed by atoms with van der Waals surface area (Å²) in [6.45, 7) is 3.74. The van der Waals surface area contributed by atoms with Crippen molar-refractivity contribution in [3.05, 3.63) is 63.6 Å². The number of rotatable bonds is 3. The first-order chi connectivity index (χ1) is 9.79. The third-order valence-electron chi connectivity index (χ3n) is 2.92. The molecule has 0 aliphatic rings. The molecule has 0 heterocycles. The Labute approximate surface area is 132 Å². The fraction of sp³-hybridized carbons (Fsp3) is 0.133. The first-order valence-corrected chi connectivity index (χ1v) is 8.47. The van der Waals surface area contributed by atoms with E-state index in [4.69, 9.17) is 0 Å². The molecule has 0 bridgehead atoms. The van der Waals surface area contributed by atoms with Crippen LogP contribution in [0.25, 0.3) is 0 Å². The average molecular weight is 368 g/mol. The molecule has 1 N–H and O–H groups in total. The zero-order valence-corrected chi connectivity index (χ0v) is 14.0. The SMILES string of the molecule is Cc1ccc(C(=O)NS(=O)(=O)c2ccc(C)cc2Br)cc1. The molecule has 0 aromatic heterocycles. The van der Waals surface area contributed by atoms with Crippen LogP contribution in [0.3, 0.4) is 0 Å². The molecule has 21 heavy (non-hydrogen) atoms. The zero-order valence-electron chi connectivity index (χ0n) is 11.6. The Balaban J connectivity index is 2.29. The summed E-state index contributed by atoms with van der Waals surface area (Å²) in [5.74, 6) is -0.650. The fourth-order valence-corrected chi connectivity index (χ4v) is 3.93. The van der Waals surface area contributed by atoms with Crippen molar-refractivity contribution in [2.75, 3.05) is 0 Å². The number of carbonyl (C=O) groups is 1. The predicted octanol–water partition coefficient (Wildman–Crippen LogP) is 3.18. The fourth-order valence-electron chi connectivity index (χ4n) is 1.76. The zero-order chi connectivity index (χ0) is 15.6. The number of aryl methyl sites for hydroxylation is 2. The Hall–Kier alpha value is -1.66. The Morgan fingerprint density at radius 1 is 1.00 bits per heavy atom. The van der Waals surface area contributed by atoms with Crippen LogP contribution in [0.15, 0.2) is 51.8 Å². The predicted molar refractivity (Wildman–Crippen MR) is 84.7 cm³/mol. The number of hydrogen-bond donors (Lipinski definition) is 1. The lowest BCUT2D eigenvalue weighted by atomic mass is 10.1. The maximum atomic E-state index is 12.3. The molecule has 110 valence electrons. The van der Waals surface area contributed by atoms with E-state index in [0.29, 0.717) is 10.0 Å². The molecule has 2 aromatic rings. The van der Waals surface area contributed by atoms with Crippen LogP contribution in [0.4, 0.5) is 0 Å². The molecule has 0 unspecified atom stereocenters. The van der Waals surface area contributed by atoms with Crippen molar-refractivity contribution in [3.8, 4) is 0 Å². The van der Waals surface area contributed by atoms with Crippen molar-refractivity contribution in [2.45, 2.75) is 18.7 Å². The molecule has 0 radical (unpaired) electrons. The number of nitrogens with one attached hydrogen (secondary N) is 1. The van der Waals surface area contributed by atoms with E-state index < -0.39 is 15.9 Å². The first-order valence-electron chi connectivity index (χ1n) is 6.19. The summed E-state index contributed by atoms with van der Waals surface area (Å²) in [4.78, 5) is 12.1. The molecule has 1 amide bonds. The smallest absolute Gasteiger partial charge is 0.265 e. The van der Waals surface area contributed by atoms with E-state index in [1.54, 1.807) is 36.4 Å². The summed E-state index contributed by atoms with van der Waals surface area (Å²) < 4.78 is 27.0. The highest BCUT2D eigenvalue weighted by Crippen LogP contribution is 2.23. The molecule has 2 rings (SSSR count). The van der Waals surface area contributed by atoms with Gasteiger partial charge >= 0.3 is 0 Å².